The third kappa shape index (κ3) is 7.93. The molecule has 0 aromatic rings. The number of nitrogens with one attached hydrogen (secondary N) is 2. The van der Waals surface area contributed by atoms with Gasteiger partial charge in [-0.05, 0) is 52.6 Å². The zero-order valence-corrected chi connectivity index (χ0v) is 17.8. The summed E-state index contributed by atoms with van der Waals surface area (Å²) in [5.41, 5.74) is 0. The van der Waals surface area contributed by atoms with Crippen LogP contribution in [0.25, 0.3) is 0 Å². The quantitative estimate of drug-likeness (QED) is 0.608. The minimum absolute atomic E-state index is 0. The first-order chi connectivity index (χ1) is 12.9. The zero-order valence-electron chi connectivity index (χ0n) is 17.0. The van der Waals surface area contributed by atoms with Gasteiger partial charge < -0.3 is 10.4 Å². The molecule has 28 heavy (non-hydrogen) atoms. The number of aliphatic carboxylic acids is 1. The lowest BCUT2D eigenvalue weighted by Gasteiger charge is -2.28. The van der Waals surface area contributed by atoms with Crippen molar-refractivity contribution >= 4 is 30.3 Å². The predicted octanol–water partition coefficient (Wildman–Crippen LogP) is 1.83. The Morgan fingerprint density at radius 1 is 1.07 bits per heavy atom. The average Bonchev–Trinajstić information content (AvgIpc) is 2.87. The van der Waals surface area contributed by atoms with Crippen LogP contribution in [0.15, 0.2) is 0 Å². The lowest BCUT2D eigenvalue weighted by molar-refractivity contribution is -0.138. The summed E-state index contributed by atoms with van der Waals surface area (Å²) in [4.78, 5) is 39.4. The summed E-state index contributed by atoms with van der Waals surface area (Å²) in [5, 5.41) is 14.4. The van der Waals surface area contributed by atoms with Crippen LogP contribution >= 0.6 is 12.4 Å². The Hall–Kier alpha value is -1.38. The predicted molar refractivity (Wildman–Crippen MR) is 110 cm³/mol. The summed E-state index contributed by atoms with van der Waals surface area (Å²) >= 11 is 0. The first kappa shape index (κ1) is 24.7. The third-order valence-corrected chi connectivity index (χ3v) is 5.84. The molecule has 3 amide bonds. The highest BCUT2D eigenvalue weighted by molar-refractivity contribution is 5.96. The number of likely N-dealkylation sites (tertiary alicyclic amines) is 1. The third-order valence-electron chi connectivity index (χ3n) is 5.84. The molecule has 1 aliphatic heterocycles. The number of likely N-dealkylation sites (N-methyl/N-ethyl adjacent to an activating group) is 1. The van der Waals surface area contributed by atoms with E-state index in [9.17, 15) is 14.4 Å². The number of rotatable bonds is 6. The van der Waals surface area contributed by atoms with Crippen LogP contribution < -0.4 is 10.6 Å². The van der Waals surface area contributed by atoms with Gasteiger partial charge in [0.25, 0.3) is 0 Å². The number of carbonyl (C=O) groups excluding carboxylic acids is 2. The van der Waals surface area contributed by atoms with Gasteiger partial charge in [0, 0.05) is 18.6 Å². The Labute approximate surface area is 173 Å². The van der Waals surface area contributed by atoms with Crippen molar-refractivity contribution in [2.75, 3.05) is 26.7 Å². The number of urea groups is 1. The number of imide groups is 1. The van der Waals surface area contributed by atoms with Crippen LogP contribution in [0.2, 0.25) is 0 Å². The van der Waals surface area contributed by atoms with Gasteiger partial charge in [0.15, 0.2) is 0 Å². The first-order valence-corrected chi connectivity index (χ1v) is 10.1. The van der Waals surface area contributed by atoms with Crippen molar-refractivity contribution in [2.45, 2.75) is 76.4 Å². The SMILES string of the molecule is CC(C(=O)NC(=O)NC1CCCCC1)N1CCCC(N(C)CC(=O)O)CC1.Cl. The Kier molecular flexibility index (Phi) is 10.8. The number of nitrogens with zero attached hydrogens (tertiary/aromatic N) is 2. The van der Waals surface area contributed by atoms with Crippen molar-refractivity contribution in [1.29, 1.82) is 0 Å². The summed E-state index contributed by atoms with van der Waals surface area (Å²) in [6, 6.07) is -0.403. The number of hydrogen-bond donors (Lipinski definition) is 3. The number of carboxylic acid groups (broad SMARTS) is 1. The summed E-state index contributed by atoms with van der Waals surface area (Å²) in [5.74, 6) is -1.10. The molecule has 2 rings (SSSR count). The van der Waals surface area contributed by atoms with Crippen LogP contribution in [-0.2, 0) is 9.59 Å². The number of halogens is 1. The van der Waals surface area contributed by atoms with E-state index < -0.39 is 12.0 Å². The van der Waals surface area contributed by atoms with E-state index in [2.05, 4.69) is 15.5 Å². The molecule has 2 fully saturated rings. The maximum absolute atomic E-state index is 12.5. The molecule has 162 valence electrons. The Bertz CT molecular complexity index is 528. The summed E-state index contributed by atoms with van der Waals surface area (Å²) in [6.07, 6.45) is 8.06. The molecule has 3 N–H and O–H groups in total. The van der Waals surface area contributed by atoms with E-state index in [0.717, 1.165) is 51.5 Å². The van der Waals surface area contributed by atoms with Crippen molar-refractivity contribution in [2.24, 2.45) is 0 Å². The fourth-order valence-corrected chi connectivity index (χ4v) is 4.12. The van der Waals surface area contributed by atoms with Gasteiger partial charge in [-0.3, -0.25) is 24.7 Å². The number of carboxylic acids is 1. The standard InChI is InChI=1S/C19H34N4O4.ClH/c1-14(18(26)21-19(27)20-15-7-4-3-5-8-15)23-11-6-9-16(10-12-23)22(2)13-17(24)25;/h14-16H,3-13H2,1-2H3,(H,24,25)(H2,20,21,26,27);1H. The van der Waals surface area contributed by atoms with Crippen LogP contribution in [0.3, 0.4) is 0 Å². The Morgan fingerprint density at radius 2 is 1.75 bits per heavy atom. The van der Waals surface area contributed by atoms with Gasteiger partial charge in [-0.1, -0.05) is 19.3 Å². The Balaban J connectivity index is 0.00000392. The van der Waals surface area contributed by atoms with Gasteiger partial charge >= 0.3 is 12.0 Å². The second-order valence-electron chi connectivity index (χ2n) is 7.90. The number of amides is 3. The van der Waals surface area contributed by atoms with Crippen LogP contribution in [0, 0.1) is 0 Å². The smallest absolute Gasteiger partial charge is 0.321 e. The Morgan fingerprint density at radius 3 is 2.39 bits per heavy atom. The fraction of sp³-hybridized carbons (Fsp3) is 0.842. The molecule has 2 aliphatic rings. The van der Waals surface area contributed by atoms with Crippen LogP contribution in [-0.4, -0.2) is 77.6 Å². The number of carbonyl (C=O) groups is 3. The van der Waals surface area contributed by atoms with E-state index in [0.29, 0.717) is 6.54 Å². The summed E-state index contributed by atoms with van der Waals surface area (Å²) in [7, 11) is 1.83. The monoisotopic (exact) mass is 418 g/mol. The average molecular weight is 419 g/mol. The van der Waals surface area contributed by atoms with Crippen molar-refractivity contribution < 1.29 is 19.5 Å². The summed E-state index contributed by atoms with van der Waals surface area (Å²) in [6.45, 7) is 3.34. The molecule has 0 aromatic carbocycles. The van der Waals surface area contributed by atoms with Crippen LogP contribution in [0.1, 0.15) is 58.3 Å². The van der Waals surface area contributed by atoms with E-state index in [4.69, 9.17) is 5.11 Å². The topological polar surface area (TPSA) is 102 Å². The van der Waals surface area contributed by atoms with Crippen LogP contribution in [0.4, 0.5) is 4.79 Å². The van der Waals surface area contributed by atoms with E-state index in [1.165, 1.54) is 6.42 Å². The van der Waals surface area contributed by atoms with Crippen molar-refractivity contribution in [3.63, 3.8) is 0 Å². The molecule has 0 bridgehead atoms. The van der Waals surface area contributed by atoms with Crippen molar-refractivity contribution in [3.05, 3.63) is 0 Å². The first-order valence-electron chi connectivity index (χ1n) is 10.1. The highest BCUT2D eigenvalue weighted by Gasteiger charge is 2.28. The molecule has 8 nitrogen and oxygen atoms in total. The molecule has 0 spiro atoms. The van der Waals surface area contributed by atoms with Crippen LogP contribution in [0.5, 0.6) is 0 Å². The minimum atomic E-state index is -0.824. The van der Waals surface area contributed by atoms with E-state index in [1.54, 1.807) is 0 Å². The molecule has 1 saturated carbocycles. The molecular weight excluding hydrogens is 384 g/mol. The molecular formula is C19H35ClN4O4. The maximum atomic E-state index is 12.5. The molecule has 1 saturated heterocycles. The van der Waals surface area contributed by atoms with Gasteiger partial charge in [0.2, 0.25) is 5.91 Å². The lowest BCUT2D eigenvalue weighted by atomic mass is 9.96. The molecule has 1 aliphatic carbocycles. The van der Waals surface area contributed by atoms with Gasteiger partial charge in [-0.25, -0.2) is 4.79 Å². The molecule has 0 radical (unpaired) electrons. The van der Waals surface area contributed by atoms with Gasteiger partial charge in [-0.15, -0.1) is 12.4 Å². The largest absolute Gasteiger partial charge is 0.480 e. The van der Waals surface area contributed by atoms with Gasteiger partial charge in [-0.2, -0.15) is 0 Å². The van der Waals surface area contributed by atoms with E-state index in [1.807, 2.05) is 18.9 Å². The highest BCUT2D eigenvalue weighted by atomic mass is 35.5. The molecule has 1 heterocycles. The van der Waals surface area contributed by atoms with Crippen molar-refractivity contribution in [3.8, 4) is 0 Å². The fourth-order valence-electron chi connectivity index (χ4n) is 4.12. The van der Waals surface area contributed by atoms with Crippen molar-refractivity contribution in [1.82, 2.24) is 20.4 Å². The maximum Gasteiger partial charge on any atom is 0.321 e. The zero-order chi connectivity index (χ0) is 19.8. The van der Waals surface area contributed by atoms with Gasteiger partial charge in [0.1, 0.15) is 0 Å². The second-order valence-corrected chi connectivity index (χ2v) is 7.90. The molecule has 9 heteroatoms. The lowest BCUT2D eigenvalue weighted by Crippen LogP contribution is -2.51. The van der Waals surface area contributed by atoms with E-state index >= 15 is 0 Å². The second kappa shape index (κ2) is 12.2. The normalized spacial score (nSPS) is 22.6. The minimum Gasteiger partial charge on any atom is -0.480 e. The number of hydrogen-bond acceptors (Lipinski definition) is 5. The summed E-state index contributed by atoms with van der Waals surface area (Å²) < 4.78 is 0. The highest BCUT2D eigenvalue weighted by Crippen LogP contribution is 2.18. The van der Waals surface area contributed by atoms with E-state index in [-0.39, 0.29) is 43.0 Å². The molecule has 2 unspecified atom stereocenters. The molecule has 2 atom stereocenters. The van der Waals surface area contributed by atoms with Gasteiger partial charge in [0.05, 0.1) is 12.6 Å². The molecule has 0 aromatic heterocycles.